The number of esters is 1. The number of aryl methyl sites for hydroxylation is 1. The number of ether oxygens (including phenoxy) is 1. The van der Waals surface area contributed by atoms with Gasteiger partial charge in [-0.2, -0.15) is 10.5 Å². The number of carbonyl (C=O) groups excluding carboxylic acids is 2. The Hall–Kier alpha value is -3.06. The maximum absolute atomic E-state index is 12.4. The molecule has 1 N–H and O–H groups in total. The van der Waals surface area contributed by atoms with Gasteiger partial charge in [0.25, 0.3) is 5.91 Å². The van der Waals surface area contributed by atoms with E-state index in [0.29, 0.717) is 18.9 Å². The van der Waals surface area contributed by atoms with E-state index in [1.165, 1.54) is 25.3 Å². The van der Waals surface area contributed by atoms with Crippen LogP contribution in [0.15, 0.2) is 11.6 Å². The molecular weight excluding hydrogens is 392 g/mol. The number of hydrogen-bond donors (Lipinski definition) is 1. The molecule has 1 heterocycles. The summed E-state index contributed by atoms with van der Waals surface area (Å²) in [5.74, 6) is -1.36. The molecule has 7 nitrogen and oxygen atoms in total. The lowest BCUT2D eigenvalue weighted by Crippen LogP contribution is -2.46. The van der Waals surface area contributed by atoms with Crippen LogP contribution in [0.3, 0.4) is 0 Å². The van der Waals surface area contributed by atoms with Gasteiger partial charge in [-0.1, -0.05) is 19.3 Å². The Labute approximate surface area is 183 Å². The summed E-state index contributed by atoms with van der Waals surface area (Å²) in [6, 6.07) is 6.50. The van der Waals surface area contributed by atoms with Gasteiger partial charge in [-0.15, -0.1) is 0 Å². The Balaban J connectivity index is 1.66. The van der Waals surface area contributed by atoms with E-state index in [9.17, 15) is 20.1 Å². The maximum atomic E-state index is 12.4. The number of rotatable bonds is 6. The van der Waals surface area contributed by atoms with Gasteiger partial charge in [0.05, 0.1) is 6.07 Å². The minimum absolute atomic E-state index is 0.146. The minimum atomic E-state index is -0.867. The van der Waals surface area contributed by atoms with E-state index in [1.807, 2.05) is 26.0 Å². The molecule has 164 valence electrons. The first kappa shape index (κ1) is 22.6. The first-order chi connectivity index (χ1) is 14.9. The van der Waals surface area contributed by atoms with Gasteiger partial charge in [0.2, 0.25) is 0 Å². The monoisotopic (exact) mass is 422 g/mol. The van der Waals surface area contributed by atoms with Crippen LogP contribution in [0.25, 0.3) is 6.08 Å². The third kappa shape index (κ3) is 5.17. The number of amides is 1. The summed E-state index contributed by atoms with van der Waals surface area (Å²) in [7, 11) is 0. The second kappa shape index (κ2) is 9.83. The van der Waals surface area contributed by atoms with Crippen molar-refractivity contribution in [3.05, 3.63) is 28.6 Å². The number of nitrogens with one attached hydrogen (secondary N) is 1. The van der Waals surface area contributed by atoms with Crippen molar-refractivity contribution in [2.45, 2.75) is 83.2 Å². The first-order valence-electron chi connectivity index (χ1n) is 11.1. The zero-order chi connectivity index (χ0) is 22.4. The van der Waals surface area contributed by atoms with Crippen LogP contribution < -0.4 is 5.32 Å². The molecule has 0 unspecified atom stereocenters. The van der Waals surface area contributed by atoms with Crippen LogP contribution >= 0.6 is 0 Å². The Morgan fingerprint density at radius 1 is 1.19 bits per heavy atom. The van der Waals surface area contributed by atoms with Crippen LogP contribution in [-0.4, -0.2) is 28.6 Å². The highest BCUT2D eigenvalue weighted by molar-refractivity contribution is 5.99. The maximum Gasteiger partial charge on any atom is 0.349 e. The van der Waals surface area contributed by atoms with E-state index in [2.05, 4.69) is 16.0 Å². The number of nitrogens with zero attached hydrogens (tertiary/aromatic N) is 3. The fraction of sp³-hybridized carbons (Fsp3) is 0.583. The Morgan fingerprint density at radius 2 is 1.87 bits per heavy atom. The smallest absolute Gasteiger partial charge is 0.349 e. The van der Waals surface area contributed by atoms with Crippen molar-refractivity contribution in [2.75, 3.05) is 6.61 Å². The fourth-order valence-corrected chi connectivity index (χ4v) is 4.90. The average molecular weight is 423 g/mol. The van der Waals surface area contributed by atoms with Crippen LogP contribution in [0.5, 0.6) is 0 Å². The highest BCUT2D eigenvalue weighted by Gasteiger charge is 2.35. The van der Waals surface area contributed by atoms with Crippen molar-refractivity contribution in [3.8, 4) is 12.1 Å². The Bertz CT molecular complexity index is 949. The van der Waals surface area contributed by atoms with Gasteiger partial charge in [-0.25, -0.2) is 4.79 Å². The average Bonchev–Trinajstić information content (AvgIpc) is 3.35. The summed E-state index contributed by atoms with van der Waals surface area (Å²) in [6.07, 6.45) is 10.5. The topological polar surface area (TPSA) is 108 Å². The zero-order valence-electron chi connectivity index (χ0n) is 18.4. The van der Waals surface area contributed by atoms with Crippen molar-refractivity contribution in [2.24, 2.45) is 0 Å². The van der Waals surface area contributed by atoms with E-state index in [-0.39, 0.29) is 5.57 Å². The highest BCUT2D eigenvalue weighted by atomic mass is 16.5. The molecule has 0 saturated heterocycles. The lowest BCUT2D eigenvalue weighted by Gasteiger charge is -2.26. The second-order valence-electron chi connectivity index (χ2n) is 8.68. The fourth-order valence-electron chi connectivity index (χ4n) is 4.90. The van der Waals surface area contributed by atoms with E-state index in [0.717, 1.165) is 42.6 Å². The van der Waals surface area contributed by atoms with Gasteiger partial charge in [0.1, 0.15) is 17.2 Å². The molecular formula is C24H30N4O3. The number of carbonyl (C=O) groups is 2. The Morgan fingerprint density at radius 3 is 2.48 bits per heavy atom. The van der Waals surface area contributed by atoms with Crippen LogP contribution in [-0.2, 0) is 14.3 Å². The summed E-state index contributed by atoms with van der Waals surface area (Å²) in [5.41, 5.74) is 1.94. The molecule has 7 heteroatoms. The largest absolute Gasteiger partial charge is 0.451 e. The molecule has 31 heavy (non-hydrogen) atoms. The van der Waals surface area contributed by atoms with Crippen LogP contribution in [0.1, 0.15) is 80.8 Å². The Kier molecular flexibility index (Phi) is 7.17. The summed E-state index contributed by atoms with van der Waals surface area (Å²) in [5, 5.41) is 21.5. The third-order valence-electron chi connectivity index (χ3n) is 6.49. The van der Waals surface area contributed by atoms with Crippen molar-refractivity contribution in [1.82, 2.24) is 9.88 Å². The van der Waals surface area contributed by atoms with Crippen molar-refractivity contribution < 1.29 is 14.3 Å². The number of aromatic nitrogens is 1. The van der Waals surface area contributed by atoms with Gasteiger partial charge in [-0.3, -0.25) is 4.79 Å². The lowest BCUT2D eigenvalue weighted by atomic mass is 9.95. The molecule has 0 spiro atoms. The molecule has 3 rings (SSSR count). The van der Waals surface area contributed by atoms with Gasteiger partial charge in [-0.05, 0) is 70.1 Å². The predicted octanol–water partition coefficient (Wildman–Crippen LogP) is 4.01. The number of nitriles is 2. The molecule has 1 aromatic heterocycles. The molecule has 0 bridgehead atoms. The predicted molar refractivity (Wildman–Crippen MR) is 116 cm³/mol. The van der Waals surface area contributed by atoms with Gasteiger partial charge >= 0.3 is 5.97 Å². The third-order valence-corrected chi connectivity index (χ3v) is 6.49. The van der Waals surface area contributed by atoms with Crippen molar-refractivity contribution in [3.63, 3.8) is 0 Å². The SMILES string of the molecule is Cc1cc(/C=C(\C#N)C(=O)OCC(=O)NC2(C#N)CCCC2)c(C)n1C1CCCCC1. The molecule has 0 radical (unpaired) electrons. The summed E-state index contributed by atoms with van der Waals surface area (Å²) in [6.45, 7) is 3.54. The van der Waals surface area contributed by atoms with Gasteiger partial charge in [0.15, 0.2) is 6.61 Å². The molecule has 0 aliphatic heterocycles. The molecule has 2 aliphatic carbocycles. The lowest BCUT2D eigenvalue weighted by molar-refractivity contribution is -0.144. The first-order valence-corrected chi connectivity index (χ1v) is 11.1. The quantitative estimate of drug-likeness (QED) is 0.423. The molecule has 0 atom stereocenters. The normalized spacial score (nSPS) is 18.8. The summed E-state index contributed by atoms with van der Waals surface area (Å²) >= 11 is 0. The van der Waals surface area contributed by atoms with E-state index in [1.54, 1.807) is 0 Å². The second-order valence-corrected chi connectivity index (χ2v) is 8.68. The minimum Gasteiger partial charge on any atom is -0.451 e. The van der Waals surface area contributed by atoms with Crippen LogP contribution in [0.4, 0.5) is 0 Å². The van der Waals surface area contributed by atoms with Crippen LogP contribution in [0.2, 0.25) is 0 Å². The van der Waals surface area contributed by atoms with E-state index < -0.39 is 24.0 Å². The molecule has 1 amide bonds. The van der Waals surface area contributed by atoms with Gasteiger partial charge in [0, 0.05) is 17.4 Å². The van der Waals surface area contributed by atoms with E-state index in [4.69, 9.17) is 4.74 Å². The summed E-state index contributed by atoms with van der Waals surface area (Å²) < 4.78 is 7.37. The van der Waals surface area contributed by atoms with Crippen molar-refractivity contribution in [1.29, 1.82) is 10.5 Å². The van der Waals surface area contributed by atoms with Crippen molar-refractivity contribution >= 4 is 18.0 Å². The zero-order valence-corrected chi connectivity index (χ0v) is 18.4. The van der Waals surface area contributed by atoms with Gasteiger partial charge < -0.3 is 14.6 Å². The molecule has 2 fully saturated rings. The molecule has 1 aromatic rings. The molecule has 0 aromatic carbocycles. The molecule has 2 aliphatic rings. The standard InChI is InChI=1S/C24H30N4O3/c1-17-12-19(18(2)28(17)21-8-4-3-5-9-21)13-20(14-25)23(30)31-15-22(29)27-24(16-26)10-6-7-11-24/h12-13,21H,3-11,15H2,1-2H3,(H,27,29)/b20-13+. The van der Waals surface area contributed by atoms with Crippen LogP contribution in [0, 0.1) is 36.5 Å². The number of hydrogen-bond acceptors (Lipinski definition) is 5. The highest BCUT2D eigenvalue weighted by Crippen LogP contribution is 2.33. The molecule has 2 saturated carbocycles. The van der Waals surface area contributed by atoms with E-state index >= 15 is 0 Å². The summed E-state index contributed by atoms with van der Waals surface area (Å²) in [4.78, 5) is 24.6.